The van der Waals surface area contributed by atoms with Gasteiger partial charge in [0.2, 0.25) is 0 Å². The van der Waals surface area contributed by atoms with Gasteiger partial charge in [0.15, 0.2) is 13.2 Å². The summed E-state index contributed by atoms with van der Waals surface area (Å²) in [7, 11) is 0. The Bertz CT molecular complexity index is 774. The molecule has 0 bridgehead atoms. The minimum atomic E-state index is -0.618. The number of ether oxygens (including phenoxy) is 2. The van der Waals surface area contributed by atoms with Gasteiger partial charge < -0.3 is 14.8 Å². The molecule has 2 aromatic carbocycles. The Morgan fingerprint density at radius 2 is 1.81 bits per heavy atom. The van der Waals surface area contributed by atoms with Gasteiger partial charge in [-0.2, -0.15) is 0 Å². The third-order valence-corrected chi connectivity index (χ3v) is 4.33. The Balaban J connectivity index is 1.71. The van der Waals surface area contributed by atoms with Gasteiger partial charge in [-0.05, 0) is 61.2 Å². The Kier molecular flexibility index (Phi) is 8.14. The lowest BCUT2D eigenvalue weighted by atomic mass is 10.1. The van der Waals surface area contributed by atoms with Crippen LogP contribution in [0.2, 0.25) is 5.02 Å². The fraction of sp³-hybridized carbons (Fsp3) is 0.333. The highest BCUT2D eigenvalue weighted by Crippen LogP contribution is 2.21. The van der Waals surface area contributed by atoms with Crippen molar-refractivity contribution in [1.29, 1.82) is 0 Å². The Morgan fingerprint density at radius 3 is 2.48 bits per heavy atom. The molecule has 1 N–H and O–H groups in total. The van der Waals surface area contributed by atoms with Crippen molar-refractivity contribution in [3.05, 3.63) is 58.6 Å². The molecule has 0 aliphatic rings. The Labute approximate surface area is 164 Å². The summed E-state index contributed by atoms with van der Waals surface area (Å²) in [6, 6.07) is 12.7. The molecule has 0 unspecified atom stereocenters. The zero-order valence-corrected chi connectivity index (χ0v) is 16.3. The number of benzene rings is 2. The number of rotatable bonds is 9. The number of hydrogen-bond acceptors (Lipinski definition) is 4. The molecule has 27 heavy (non-hydrogen) atoms. The largest absolute Gasteiger partial charge is 0.482 e. The number of nitrogens with one attached hydrogen (secondary N) is 1. The van der Waals surface area contributed by atoms with E-state index in [1.54, 1.807) is 18.2 Å². The number of esters is 1. The molecule has 2 rings (SSSR count). The SMILES string of the molecule is CCCCc1ccc(NC(=O)COC(=O)COc2ccc(Cl)c(C)c2)cc1. The third-order valence-electron chi connectivity index (χ3n) is 3.91. The predicted molar refractivity (Wildman–Crippen MR) is 106 cm³/mol. The van der Waals surface area contributed by atoms with Gasteiger partial charge in [0.25, 0.3) is 5.91 Å². The number of carbonyl (C=O) groups excluding carboxylic acids is 2. The molecule has 0 radical (unpaired) electrons. The van der Waals surface area contributed by atoms with Crippen molar-refractivity contribution < 1.29 is 19.1 Å². The molecule has 0 aliphatic carbocycles. The molecule has 1 amide bonds. The number of amides is 1. The van der Waals surface area contributed by atoms with Gasteiger partial charge in [-0.25, -0.2) is 4.79 Å². The summed E-state index contributed by atoms with van der Waals surface area (Å²) in [5.74, 6) is -0.499. The third kappa shape index (κ3) is 7.31. The van der Waals surface area contributed by atoms with Crippen molar-refractivity contribution >= 4 is 29.2 Å². The topological polar surface area (TPSA) is 64.6 Å². The first-order valence-corrected chi connectivity index (χ1v) is 9.29. The van der Waals surface area contributed by atoms with Gasteiger partial charge in [-0.1, -0.05) is 37.1 Å². The van der Waals surface area contributed by atoms with Gasteiger partial charge in [0.1, 0.15) is 5.75 Å². The van der Waals surface area contributed by atoms with Crippen molar-refractivity contribution in [3.63, 3.8) is 0 Å². The van der Waals surface area contributed by atoms with Crippen LogP contribution in [0.4, 0.5) is 5.69 Å². The quantitative estimate of drug-likeness (QED) is 0.639. The molecule has 0 spiro atoms. The Hall–Kier alpha value is -2.53. The van der Waals surface area contributed by atoms with Crippen molar-refractivity contribution in [2.24, 2.45) is 0 Å². The highest BCUT2D eigenvalue weighted by Gasteiger charge is 2.09. The number of carbonyl (C=O) groups is 2. The van der Waals surface area contributed by atoms with Crippen LogP contribution < -0.4 is 10.1 Å². The zero-order valence-electron chi connectivity index (χ0n) is 15.6. The molecule has 6 heteroatoms. The van der Waals surface area contributed by atoms with Crippen LogP contribution in [0.5, 0.6) is 5.75 Å². The van der Waals surface area contributed by atoms with E-state index in [2.05, 4.69) is 12.2 Å². The van der Waals surface area contributed by atoms with Crippen LogP contribution in [0.25, 0.3) is 0 Å². The minimum Gasteiger partial charge on any atom is -0.482 e. The minimum absolute atomic E-state index is 0.277. The lowest BCUT2D eigenvalue weighted by Gasteiger charge is -2.09. The van der Waals surface area contributed by atoms with E-state index in [9.17, 15) is 9.59 Å². The predicted octanol–water partition coefficient (Wildman–Crippen LogP) is 4.55. The van der Waals surface area contributed by atoms with E-state index in [1.165, 1.54) is 5.56 Å². The van der Waals surface area contributed by atoms with E-state index in [1.807, 2.05) is 31.2 Å². The van der Waals surface area contributed by atoms with E-state index in [0.717, 1.165) is 24.8 Å². The highest BCUT2D eigenvalue weighted by molar-refractivity contribution is 6.31. The summed E-state index contributed by atoms with van der Waals surface area (Å²) in [6.07, 6.45) is 3.31. The molecule has 0 heterocycles. The molecule has 5 nitrogen and oxygen atoms in total. The standard InChI is InChI=1S/C21H24ClNO4/c1-3-4-5-16-6-8-17(9-7-16)23-20(24)13-27-21(25)14-26-18-10-11-19(22)15(2)12-18/h6-12H,3-5,13-14H2,1-2H3,(H,23,24). The lowest BCUT2D eigenvalue weighted by molar-refractivity contribution is -0.149. The van der Waals surface area contributed by atoms with Crippen molar-refractivity contribution in [3.8, 4) is 5.75 Å². The maximum absolute atomic E-state index is 11.9. The average Bonchev–Trinajstić information content (AvgIpc) is 2.66. The van der Waals surface area contributed by atoms with E-state index >= 15 is 0 Å². The summed E-state index contributed by atoms with van der Waals surface area (Å²) in [6.45, 7) is 3.35. The monoisotopic (exact) mass is 389 g/mol. The molecule has 144 valence electrons. The molecular weight excluding hydrogens is 366 g/mol. The van der Waals surface area contributed by atoms with Crippen LogP contribution in [-0.2, 0) is 20.7 Å². The second kappa shape index (κ2) is 10.6. The van der Waals surface area contributed by atoms with Crippen LogP contribution in [0.3, 0.4) is 0 Å². The van der Waals surface area contributed by atoms with E-state index in [-0.39, 0.29) is 13.2 Å². The van der Waals surface area contributed by atoms with E-state index < -0.39 is 11.9 Å². The maximum Gasteiger partial charge on any atom is 0.344 e. The summed E-state index contributed by atoms with van der Waals surface area (Å²) >= 11 is 5.93. The van der Waals surface area contributed by atoms with Gasteiger partial charge >= 0.3 is 5.97 Å². The van der Waals surface area contributed by atoms with Crippen molar-refractivity contribution in [2.45, 2.75) is 33.1 Å². The number of halogens is 1. The van der Waals surface area contributed by atoms with Crippen LogP contribution in [0.15, 0.2) is 42.5 Å². The molecule has 0 fully saturated rings. The van der Waals surface area contributed by atoms with Crippen molar-refractivity contribution in [2.75, 3.05) is 18.5 Å². The first kappa shape index (κ1) is 20.8. The summed E-state index contributed by atoms with van der Waals surface area (Å²) in [5.41, 5.74) is 2.75. The molecule has 0 saturated heterocycles. The van der Waals surface area contributed by atoms with Gasteiger partial charge in [0.05, 0.1) is 0 Å². The van der Waals surface area contributed by atoms with E-state index in [4.69, 9.17) is 21.1 Å². The fourth-order valence-electron chi connectivity index (χ4n) is 2.37. The van der Waals surface area contributed by atoms with Crippen molar-refractivity contribution in [1.82, 2.24) is 0 Å². The number of anilines is 1. The molecular formula is C21H24ClNO4. The number of unbranched alkanes of at least 4 members (excludes halogenated alkanes) is 1. The molecule has 0 aromatic heterocycles. The van der Waals surface area contributed by atoms with Crippen LogP contribution >= 0.6 is 11.6 Å². The summed E-state index contributed by atoms with van der Waals surface area (Å²) in [4.78, 5) is 23.6. The maximum atomic E-state index is 11.9. The van der Waals surface area contributed by atoms with Crippen LogP contribution in [0, 0.1) is 6.92 Å². The van der Waals surface area contributed by atoms with Crippen LogP contribution in [-0.4, -0.2) is 25.1 Å². The molecule has 2 aromatic rings. The van der Waals surface area contributed by atoms with Gasteiger partial charge in [-0.3, -0.25) is 4.79 Å². The second-order valence-electron chi connectivity index (χ2n) is 6.21. The second-order valence-corrected chi connectivity index (χ2v) is 6.62. The summed E-state index contributed by atoms with van der Waals surface area (Å²) < 4.78 is 10.3. The first-order chi connectivity index (χ1) is 13.0. The smallest absolute Gasteiger partial charge is 0.344 e. The molecule has 0 aliphatic heterocycles. The molecule has 0 saturated carbocycles. The fourth-order valence-corrected chi connectivity index (χ4v) is 2.49. The van der Waals surface area contributed by atoms with E-state index in [0.29, 0.717) is 16.5 Å². The number of hydrogen-bond donors (Lipinski definition) is 1. The van der Waals surface area contributed by atoms with Gasteiger partial charge in [0, 0.05) is 10.7 Å². The Morgan fingerprint density at radius 1 is 1.07 bits per heavy atom. The van der Waals surface area contributed by atoms with Crippen LogP contribution in [0.1, 0.15) is 30.9 Å². The number of aryl methyl sites for hydroxylation is 2. The molecule has 0 atom stereocenters. The van der Waals surface area contributed by atoms with Gasteiger partial charge in [-0.15, -0.1) is 0 Å². The lowest BCUT2D eigenvalue weighted by Crippen LogP contribution is -2.23. The average molecular weight is 390 g/mol. The highest BCUT2D eigenvalue weighted by atomic mass is 35.5. The summed E-state index contributed by atoms with van der Waals surface area (Å²) in [5, 5.41) is 3.32. The first-order valence-electron chi connectivity index (χ1n) is 8.91. The zero-order chi connectivity index (χ0) is 19.6. The normalized spacial score (nSPS) is 10.3.